The molecular formula is C3H5NO3. The lowest BCUT2D eigenvalue weighted by molar-refractivity contribution is -0.467. The lowest BCUT2D eigenvalue weighted by Crippen LogP contribution is -2.08. The zero-order valence-electron chi connectivity index (χ0n) is 3.88. The van der Waals surface area contributed by atoms with E-state index < -0.39 is 17.3 Å². The molecule has 0 unspecified atom stereocenters. The van der Waals surface area contributed by atoms with Crippen LogP contribution in [0.15, 0.2) is 0 Å². The lowest BCUT2D eigenvalue weighted by Gasteiger charge is -1.80. The van der Waals surface area contributed by atoms with Gasteiger partial charge in [0.05, 0.1) is 0 Å². The van der Waals surface area contributed by atoms with Crippen LogP contribution in [0.1, 0.15) is 6.92 Å². The average molecular weight is 103 g/mol. The fourth-order valence-corrected chi connectivity index (χ4v) is 0.182. The molecular weight excluding hydrogens is 98.0 g/mol. The quantitative estimate of drug-likeness (QED) is 0.360. The zero-order valence-corrected chi connectivity index (χ0v) is 3.88. The highest BCUT2D eigenvalue weighted by molar-refractivity contribution is 5.76. The Balaban J connectivity index is 3.32. The number of nitro groups is 1. The van der Waals surface area contributed by atoms with Crippen molar-refractivity contribution in [3.8, 4) is 0 Å². The number of carbonyl (C=O) groups excluding carboxylic acids is 1. The summed E-state index contributed by atoms with van der Waals surface area (Å²) < 4.78 is 0. The number of Topliss-reactive ketones (excluding diaryl/α,β-unsaturated/α-hetero) is 1. The van der Waals surface area contributed by atoms with Crippen molar-refractivity contribution in [2.24, 2.45) is 0 Å². The zero-order chi connectivity index (χ0) is 5.86. The van der Waals surface area contributed by atoms with Crippen LogP contribution in [0.3, 0.4) is 0 Å². The fourth-order valence-electron chi connectivity index (χ4n) is 0.182. The number of hydrogen-bond donors (Lipinski definition) is 0. The van der Waals surface area contributed by atoms with Crippen molar-refractivity contribution in [1.82, 2.24) is 0 Å². The summed E-state index contributed by atoms with van der Waals surface area (Å²) in [5.41, 5.74) is 0. The predicted molar refractivity (Wildman–Crippen MR) is 22.5 cm³/mol. The molecule has 0 rings (SSSR count). The molecule has 0 aromatic heterocycles. The molecule has 4 nitrogen and oxygen atoms in total. The SMILES string of the molecule is CC(=O)C[N+](=O)[O-]. The van der Waals surface area contributed by atoms with E-state index in [2.05, 4.69) is 0 Å². The minimum absolute atomic E-state index is 0.412. The van der Waals surface area contributed by atoms with Gasteiger partial charge in [-0.15, -0.1) is 0 Å². The first-order valence-corrected chi connectivity index (χ1v) is 1.74. The molecule has 0 aliphatic carbocycles. The van der Waals surface area contributed by atoms with E-state index in [1.807, 2.05) is 0 Å². The topological polar surface area (TPSA) is 60.2 Å². The highest BCUT2D eigenvalue weighted by atomic mass is 16.6. The Bertz CT molecular complexity index is 86.4. The van der Waals surface area contributed by atoms with Crippen LogP contribution in [0.2, 0.25) is 0 Å². The first-order valence-electron chi connectivity index (χ1n) is 1.74. The van der Waals surface area contributed by atoms with Gasteiger partial charge in [0.2, 0.25) is 0 Å². The summed E-state index contributed by atoms with van der Waals surface area (Å²) in [6, 6.07) is 0. The van der Waals surface area contributed by atoms with Gasteiger partial charge in [0.25, 0.3) is 6.54 Å². The fraction of sp³-hybridized carbons (Fsp3) is 0.667. The van der Waals surface area contributed by atoms with E-state index >= 15 is 0 Å². The number of carbonyl (C=O) groups is 1. The molecule has 0 amide bonds. The van der Waals surface area contributed by atoms with Crippen molar-refractivity contribution in [1.29, 1.82) is 0 Å². The molecule has 0 saturated heterocycles. The molecule has 0 atom stereocenters. The van der Waals surface area contributed by atoms with Gasteiger partial charge in [-0.2, -0.15) is 0 Å². The number of rotatable bonds is 2. The van der Waals surface area contributed by atoms with Crippen molar-refractivity contribution >= 4 is 5.78 Å². The molecule has 0 N–H and O–H groups in total. The summed E-state index contributed by atoms with van der Waals surface area (Å²) in [6.07, 6.45) is 0. The summed E-state index contributed by atoms with van der Waals surface area (Å²) in [4.78, 5) is 18.6. The summed E-state index contributed by atoms with van der Waals surface area (Å²) >= 11 is 0. The van der Waals surface area contributed by atoms with Crippen molar-refractivity contribution in [2.45, 2.75) is 6.92 Å². The standard InChI is InChI=1S/C3H5NO3/c1-3(5)2-4(6)7/h2H2,1H3. The Morgan fingerprint density at radius 3 is 2.29 bits per heavy atom. The third kappa shape index (κ3) is 5.07. The van der Waals surface area contributed by atoms with Gasteiger partial charge < -0.3 is 0 Å². The Hall–Kier alpha value is -0.930. The van der Waals surface area contributed by atoms with E-state index in [0.717, 1.165) is 0 Å². The van der Waals surface area contributed by atoms with Crippen LogP contribution in [-0.2, 0) is 4.79 Å². The number of hydrogen-bond acceptors (Lipinski definition) is 3. The maximum Gasteiger partial charge on any atom is 0.260 e. The molecule has 40 valence electrons. The normalized spacial score (nSPS) is 8.14. The van der Waals surface area contributed by atoms with E-state index in [1.165, 1.54) is 6.92 Å². The van der Waals surface area contributed by atoms with Gasteiger partial charge in [-0.25, -0.2) is 0 Å². The number of ketones is 1. The van der Waals surface area contributed by atoms with Gasteiger partial charge in [0, 0.05) is 11.8 Å². The molecule has 0 bridgehead atoms. The summed E-state index contributed by atoms with van der Waals surface area (Å²) in [7, 11) is 0. The molecule has 0 saturated carbocycles. The number of nitrogens with zero attached hydrogens (tertiary/aromatic N) is 1. The maximum absolute atomic E-state index is 9.81. The molecule has 0 aromatic rings. The van der Waals surface area contributed by atoms with Crippen LogP contribution in [0, 0.1) is 10.1 Å². The van der Waals surface area contributed by atoms with E-state index in [0.29, 0.717) is 0 Å². The molecule has 0 aliphatic rings. The van der Waals surface area contributed by atoms with Crippen LogP contribution in [0.4, 0.5) is 0 Å². The van der Waals surface area contributed by atoms with Gasteiger partial charge in [0.1, 0.15) is 0 Å². The molecule has 4 heteroatoms. The van der Waals surface area contributed by atoms with Gasteiger partial charge in [-0.3, -0.25) is 14.9 Å². The monoisotopic (exact) mass is 103 g/mol. The lowest BCUT2D eigenvalue weighted by atomic mass is 10.5. The van der Waals surface area contributed by atoms with E-state index in [9.17, 15) is 14.9 Å². The van der Waals surface area contributed by atoms with E-state index in [4.69, 9.17) is 0 Å². The van der Waals surface area contributed by atoms with Crippen LogP contribution in [-0.4, -0.2) is 17.3 Å². The van der Waals surface area contributed by atoms with Crippen molar-refractivity contribution < 1.29 is 9.72 Å². The van der Waals surface area contributed by atoms with Gasteiger partial charge in [-0.1, -0.05) is 0 Å². The second kappa shape index (κ2) is 2.28. The minimum atomic E-state index is -0.650. The summed E-state index contributed by atoms with van der Waals surface area (Å²) in [5.74, 6) is -0.412. The average Bonchev–Trinajstić information content (AvgIpc) is 1.27. The van der Waals surface area contributed by atoms with Crippen LogP contribution >= 0.6 is 0 Å². The Kier molecular flexibility index (Phi) is 1.98. The van der Waals surface area contributed by atoms with Crippen molar-refractivity contribution in [3.05, 3.63) is 10.1 Å². The second-order valence-corrected chi connectivity index (χ2v) is 1.19. The van der Waals surface area contributed by atoms with Gasteiger partial charge in [0.15, 0.2) is 5.78 Å². The molecule has 0 fully saturated rings. The third-order valence-corrected chi connectivity index (χ3v) is 0.352. The first kappa shape index (κ1) is 6.07. The van der Waals surface area contributed by atoms with Crippen LogP contribution in [0.5, 0.6) is 0 Å². The first-order chi connectivity index (χ1) is 3.13. The molecule has 0 heterocycles. The Morgan fingerprint density at radius 1 is 1.86 bits per heavy atom. The molecule has 0 aromatic carbocycles. The minimum Gasteiger partial charge on any atom is -0.293 e. The Morgan fingerprint density at radius 2 is 2.29 bits per heavy atom. The second-order valence-electron chi connectivity index (χ2n) is 1.19. The van der Waals surface area contributed by atoms with Gasteiger partial charge >= 0.3 is 0 Å². The predicted octanol–water partition coefficient (Wildman–Crippen LogP) is -0.148. The molecule has 0 aliphatic heterocycles. The van der Waals surface area contributed by atoms with E-state index in [1.54, 1.807) is 0 Å². The highest BCUT2D eigenvalue weighted by Crippen LogP contribution is 1.68. The largest absolute Gasteiger partial charge is 0.293 e. The van der Waals surface area contributed by atoms with E-state index in [-0.39, 0.29) is 0 Å². The summed E-state index contributed by atoms with van der Waals surface area (Å²) in [5, 5.41) is 9.39. The third-order valence-electron chi connectivity index (χ3n) is 0.352. The molecule has 0 spiro atoms. The van der Waals surface area contributed by atoms with Crippen LogP contribution < -0.4 is 0 Å². The highest BCUT2D eigenvalue weighted by Gasteiger charge is 1.98. The van der Waals surface area contributed by atoms with Crippen molar-refractivity contribution in [2.75, 3.05) is 6.54 Å². The maximum atomic E-state index is 9.81. The molecule has 7 heavy (non-hydrogen) atoms. The van der Waals surface area contributed by atoms with Crippen LogP contribution in [0.25, 0.3) is 0 Å². The van der Waals surface area contributed by atoms with Crippen molar-refractivity contribution in [3.63, 3.8) is 0 Å². The van der Waals surface area contributed by atoms with Gasteiger partial charge in [-0.05, 0) is 0 Å². The molecule has 0 radical (unpaired) electrons. The Labute approximate surface area is 40.3 Å². The smallest absolute Gasteiger partial charge is 0.260 e. The summed E-state index contributed by atoms with van der Waals surface area (Å²) in [6.45, 7) is 0.628.